The molecule has 1 saturated heterocycles. The van der Waals surface area contributed by atoms with Crippen LogP contribution in [0.15, 0.2) is 23.3 Å². The molecule has 0 aliphatic carbocycles. The minimum atomic E-state index is 0.331. The molecule has 0 atom stereocenters. The topological polar surface area (TPSA) is 97.9 Å². The van der Waals surface area contributed by atoms with E-state index in [0.29, 0.717) is 43.8 Å². The van der Waals surface area contributed by atoms with Gasteiger partial charge in [0.15, 0.2) is 0 Å². The van der Waals surface area contributed by atoms with Crippen molar-refractivity contribution in [2.75, 3.05) is 51.4 Å². The van der Waals surface area contributed by atoms with Gasteiger partial charge in [0.1, 0.15) is 23.8 Å². The Morgan fingerprint density at radius 2 is 2.19 bits per heavy atom. The number of morpholine rings is 1. The van der Waals surface area contributed by atoms with E-state index < -0.39 is 0 Å². The van der Waals surface area contributed by atoms with Crippen molar-refractivity contribution in [3.05, 3.63) is 33.6 Å². The molecule has 3 N–H and O–H groups in total. The largest absolute Gasteiger partial charge is 0.462 e. The first-order valence-corrected chi connectivity index (χ1v) is 9.93. The molecule has 3 rings (SSSR count). The van der Waals surface area contributed by atoms with Gasteiger partial charge in [-0.05, 0) is 25.6 Å². The first-order chi connectivity index (χ1) is 13.2. The van der Waals surface area contributed by atoms with Crippen molar-refractivity contribution in [3.63, 3.8) is 0 Å². The number of hydrogen-bond donors (Lipinski definition) is 2. The fourth-order valence-electron chi connectivity index (χ4n) is 2.75. The molecule has 8 nitrogen and oxygen atoms in total. The molecule has 0 spiro atoms. The zero-order chi connectivity index (χ0) is 19.1. The zero-order valence-corrected chi connectivity index (χ0v) is 16.6. The van der Waals surface area contributed by atoms with E-state index in [-0.39, 0.29) is 0 Å². The highest BCUT2D eigenvalue weighted by atomic mass is 32.1. The lowest BCUT2D eigenvalue weighted by Crippen LogP contribution is -2.37. The quantitative estimate of drug-likeness (QED) is 0.303. The number of nitrogens with zero attached hydrogens (tertiary/aromatic N) is 4. The summed E-state index contributed by atoms with van der Waals surface area (Å²) >= 11 is 1.67. The van der Waals surface area contributed by atoms with Gasteiger partial charge in [-0.25, -0.2) is 0 Å². The highest BCUT2D eigenvalue weighted by Gasteiger charge is 2.19. The summed E-state index contributed by atoms with van der Waals surface area (Å²) in [6.07, 6.45) is 0.976. The van der Waals surface area contributed by atoms with Crippen LogP contribution in [0.2, 0.25) is 0 Å². The van der Waals surface area contributed by atoms with Crippen molar-refractivity contribution < 1.29 is 9.47 Å². The summed E-state index contributed by atoms with van der Waals surface area (Å²) in [5.74, 6) is 6.54. The van der Waals surface area contributed by atoms with Crippen LogP contribution in [0.5, 0.6) is 6.01 Å². The van der Waals surface area contributed by atoms with Gasteiger partial charge in [0.2, 0.25) is 0 Å². The maximum atomic E-state index is 5.74. The first kappa shape index (κ1) is 19.5. The van der Waals surface area contributed by atoms with Gasteiger partial charge in [-0.15, -0.1) is 11.3 Å². The third-order valence-electron chi connectivity index (χ3n) is 4.23. The molecule has 2 aromatic rings. The van der Waals surface area contributed by atoms with E-state index in [1.807, 2.05) is 19.2 Å². The SMILES string of the molecule is CCc1ccc(C(=NN)c2cc(N3CCOCC3)nc(OCCNC)n2)s1. The van der Waals surface area contributed by atoms with E-state index in [4.69, 9.17) is 15.3 Å². The first-order valence-electron chi connectivity index (χ1n) is 9.11. The maximum absolute atomic E-state index is 5.74. The van der Waals surface area contributed by atoms with E-state index in [9.17, 15) is 0 Å². The third kappa shape index (κ3) is 4.94. The van der Waals surface area contributed by atoms with Crippen LogP contribution in [0.3, 0.4) is 0 Å². The standard InChI is InChI=1S/C18H26N6O2S/c1-3-13-4-5-15(27-13)17(23-19)14-12-16(24-7-10-25-11-8-24)22-18(21-14)26-9-6-20-2/h4-5,12,20H,3,6-11,19H2,1-2H3. The third-order valence-corrected chi connectivity index (χ3v) is 5.46. The normalized spacial score (nSPS) is 15.2. The van der Waals surface area contributed by atoms with E-state index in [1.54, 1.807) is 11.3 Å². The Bertz CT molecular complexity index is 773. The van der Waals surface area contributed by atoms with Gasteiger partial charge in [-0.1, -0.05) is 6.92 Å². The Balaban J connectivity index is 1.94. The predicted octanol–water partition coefficient (Wildman–Crippen LogP) is 1.25. The van der Waals surface area contributed by atoms with Crippen LogP contribution in [0.25, 0.3) is 0 Å². The van der Waals surface area contributed by atoms with Gasteiger partial charge < -0.3 is 25.5 Å². The van der Waals surface area contributed by atoms with Gasteiger partial charge in [0.25, 0.3) is 0 Å². The molecule has 2 aromatic heterocycles. The van der Waals surface area contributed by atoms with E-state index >= 15 is 0 Å². The van der Waals surface area contributed by atoms with Crippen molar-refractivity contribution in [3.8, 4) is 6.01 Å². The number of nitrogens with one attached hydrogen (secondary N) is 1. The minimum Gasteiger partial charge on any atom is -0.462 e. The predicted molar refractivity (Wildman–Crippen MR) is 108 cm³/mol. The van der Waals surface area contributed by atoms with Gasteiger partial charge in [0.05, 0.1) is 18.1 Å². The zero-order valence-electron chi connectivity index (χ0n) is 15.8. The Morgan fingerprint density at radius 1 is 1.37 bits per heavy atom. The van der Waals surface area contributed by atoms with Crippen molar-refractivity contribution in [1.82, 2.24) is 15.3 Å². The molecule has 0 saturated carbocycles. The van der Waals surface area contributed by atoms with Crippen LogP contribution in [0, 0.1) is 0 Å². The number of nitrogens with two attached hydrogens (primary N) is 1. The van der Waals surface area contributed by atoms with Crippen molar-refractivity contribution in [2.24, 2.45) is 10.9 Å². The highest BCUT2D eigenvalue weighted by Crippen LogP contribution is 2.24. The number of likely N-dealkylation sites (N-methyl/N-ethyl adjacent to an activating group) is 1. The molecular formula is C18H26N6O2S. The van der Waals surface area contributed by atoms with Gasteiger partial charge >= 0.3 is 6.01 Å². The lowest BCUT2D eigenvalue weighted by Gasteiger charge is -2.28. The average molecular weight is 391 g/mol. The van der Waals surface area contributed by atoms with Crippen LogP contribution in [0.1, 0.15) is 22.4 Å². The number of ether oxygens (including phenoxy) is 2. The molecule has 0 unspecified atom stereocenters. The summed E-state index contributed by atoms with van der Waals surface area (Å²) in [5.41, 5.74) is 1.31. The number of aromatic nitrogens is 2. The second-order valence-electron chi connectivity index (χ2n) is 6.04. The molecule has 3 heterocycles. The average Bonchev–Trinajstić information content (AvgIpc) is 3.18. The molecule has 1 fully saturated rings. The van der Waals surface area contributed by atoms with Crippen molar-refractivity contribution in [2.45, 2.75) is 13.3 Å². The Morgan fingerprint density at radius 3 is 2.85 bits per heavy atom. The Kier molecular flexibility index (Phi) is 6.97. The van der Waals surface area contributed by atoms with E-state index in [2.05, 4.69) is 38.3 Å². The van der Waals surface area contributed by atoms with Crippen LogP contribution >= 0.6 is 11.3 Å². The summed E-state index contributed by atoms with van der Waals surface area (Å²) in [5, 5.41) is 7.08. The Labute approximate surface area is 163 Å². The van der Waals surface area contributed by atoms with Crippen LogP contribution < -0.4 is 20.8 Å². The summed E-state index contributed by atoms with van der Waals surface area (Å²) in [6, 6.07) is 6.39. The molecule has 1 aliphatic rings. The van der Waals surface area contributed by atoms with Crippen LogP contribution in [-0.2, 0) is 11.2 Å². The number of hydrazone groups is 1. The van der Waals surface area contributed by atoms with E-state index in [0.717, 1.165) is 30.2 Å². The smallest absolute Gasteiger partial charge is 0.319 e. The second-order valence-corrected chi connectivity index (χ2v) is 7.21. The van der Waals surface area contributed by atoms with Gasteiger partial charge in [-0.3, -0.25) is 0 Å². The molecule has 0 aromatic carbocycles. The molecule has 1 aliphatic heterocycles. The molecule has 146 valence electrons. The van der Waals surface area contributed by atoms with E-state index in [1.165, 1.54) is 4.88 Å². The molecule has 0 bridgehead atoms. The number of anilines is 1. The summed E-state index contributed by atoms with van der Waals surface area (Å²) < 4.78 is 11.2. The fraction of sp³-hybridized carbons (Fsp3) is 0.500. The molecular weight excluding hydrogens is 364 g/mol. The van der Waals surface area contributed by atoms with Crippen molar-refractivity contribution in [1.29, 1.82) is 0 Å². The molecule has 27 heavy (non-hydrogen) atoms. The lowest BCUT2D eigenvalue weighted by atomic mass is 10.2. The van der Waals surface area contributed by atoms with Gasteiger partial charge in [0, 0.05) is 30.6 Å². The molecule has 0 amide bonds. The van der Waals surface area contributed by atoms with Crippen molar-refractivity contribution >= 4 is 22.9 Å². The van der Waals surface area contributed by atoms with Gasteiger partial charge in [-0.2, -0.15) is 15.1 Å². The maximum Gasteiger partial charge on any atom is 0.319 e. The summed E-state index contributed by atoms with van der Waals surface area (Å²) in [7, 11) is 1.88. The lowest BCUT2D eigenvalue weighted by molar-refractivity contribution is 0.122. The highest BCUT2D eigenvalue weighted by molar-refractivity contribution is 7.14. The minimum absolute atomic E-state index is 0.331. The fourth-order valence-corrected chi connectivity index (χ4v) is 3.70. The summed E-state index contributed by atoms with van der Waals surface area (Å²) in [4.78, 5) is 13.6. The molecule has 0 radical (unpaired) electrons. The van der Waals surface area contributed by atoms with Crippen LogP contribution in [-0.4, -0.2) is 62.2 Å². The number of hydrogen-bond acceptors (Lipinski definition) is 9. The number of thiophene rings is 1. The second kappa shape index (κ2) is 9.63. The number of aryl methyl sites for hydroxylation is 1. The number of rotatable bonds is 8. The summed E-state index contributed by atoms with van der Waals surface area (Å²) in [6.45, 7) is 6.24. The molecule has 9 heteroatoms. The monoisotopic (exact) mass is 390 g/mol. The Hall–Kier alpha value is -2.23. The van der Waals surface area contributed by atoms with Crippen LogP contribution in [0.4, 0.5) is 5.82 Å².